The molecule has 1 aromatic heterocycles. The van der Waals surface area contributed by atoms with Crippen LogP contribution in [-0.2, 0) is 21.1 Å². The van der Waals surface area contributed by atoms with Crippen LogP contribution < -0.4 is 15.2 Å². The van der Waals surface area contributed by atoms with Crippen molar-refractivity contribution in [2.75, 3.05) is 39.4 Å². The van der Waals surface area contributed by atoms with Crippen molar-refractivity contribution < 1.29 is 22.6 Å². The van der Waals surface area contributed by atoms with E-state index in [0.717, 1.165) is 6.26 Å². The van der Waals surface area contributed by atoms with E-state index in [9.17, 15) is 13.2 Å². The quantitative estimate of drug-likeness (QED) is 0.441. The number of methoxy groups -OCH3 is 2. The van der Waals surface area contributed by atoms with Gasteiger partial charge in [0.05, 0.1) is 49.7 Å². The molecule has 0 spiro atoms. The van der Waals surface area contributed by atoms with Gasteiger partial charge in [0.2, 0.25) is 0 Å². The summed E-state index contributed by atoms with van der Waals surface area (Å²) in [5, 5.41) is 0.476. The summed E-state index contributed by atoms with van der Waals surface area (Å²) < 4.78 is 44.0. The maximum atomic E-state index is 13.5. The maximum absolute atomic E-state index is 13.5. The third-order valence-electron chi connectivity index (χ3n) is 5.09. The van der Waals surface area contributed by atoms with Gasteiger partial charge in [0, 0.05) is 18.4 Å². The molecule has 0 aliphatic rings. The highest BCUT2D eigenvalue weighted by Crippen LogP contribution is 2.33. The molecule has 2 aromatic carbocycles. The van der Waals surface area contributed by atoms with Crippen LogP contribution >= 0.6 is 11.6 Å². The Morgan fingerprint density at radius 3 is 2.44 bits per heavy atom. The van der Waals surface area contributed by atoms with Gasteiger partial charge in [-0.3, -0.25) is 9.13 Å². The number of rotatable bonds is 10. The SMILES string of the molecule is CCOc1cc(C(CS(C)(=O)=O)n2c(=O)n(CCOC)c3cc(Cl)ccc32)ccc1OC. The van der Waals surface area contributed by atoms with Crippen LogP contribution in [0.4, 0.5) is 0 Å². The number of hydrogen-bond donors (Lipinski definition) is 0. The average Bonchev–Trinajstić information content (AvgIpc) is 3.00. The molecule has 0 N–H and O–H groups in total. The second-order valence-corrected chi connectivity index (χ2v) is 10.0. The zero-order chi connectivity index (χ0) is 23.5. The Kier molecular flexibility index (Phi) is 7.53. The van der Waals surface area contributed by atoms with Crippen LogP contribution in [0.25, 0.3) is 11.0 Å². The maximum Gasteiger partial charge on any atom is 0.329 e. The molecule has 8 nitrogen and oxygen atoms in total. The first-order chi connectivity index (χ1) is 15.2. The first kappa shape index (κ1) is 24.2. The summed E-state index contributed by atoms with van der Waals surface area (Å²) in [6.07, 6.45) is 1.15. The topological polar surface area (TPSA) is 88.8 Å². The van der Waals surface area contributed by atoms with Gasteiger partial charge in [0.1, 0.15) is 9.84 Å². The van der Waals surface area contributed by atoms with Crippen molar-refractivity contribution in [2.45, 2.75) is 19.5 Å². The van der Waals surface area contributed by atoms with Crippen molar-refractivity contribution in [2.24, 2.45) is 0 Å². The summed E-state index contributed by atoms with van der Waals surface area (Å²) in [6.45, 7) is 2.87. The van der Waals surface area contributed by atoms with Gasteiger partial charge in [-0.05, 0) is 42.8 Å². The molecule has 0 radical (unpaired) electrons. The second kappa shape index (κ2) is 9.97. The number of halogens is 1. The molecule has 0 fully saturated rings. The molecule has 10 heteroatoms. The predicted octanol–water partition coefficient (Wildman–Crippen LogP) is 3.14. The Morgan fingerprint density at radius 2 is 1.81 bits per heavy atom. The lowest BCUT2D eigenvalue weighted by molar-refractivity contribution is 0.187. The number of imidazole rings is 1. The lowest BCUT2D eigenvalue weighted by Gasteiger charge is -2.20. The first-order valence-electron chi connectivity index (χ1n) is 10.1. The highest BCUT2D eigenvalue weighted by atomic mass is 35.5. The van der Waals surface area contributed by atoms with E-state index >= 15 is 0 Å². The summed E-state index contributed by atoms with van der Waals surface area (Å²) in [4.78, 5) is 13.5. The normalized spacial score (nSPS) is 12.8. The molecule has 0 saturated carbocycles. The van der Waals surface area contributed by atoms with Crippen molar-refractivity contribution in [1.29, 1.82) is 0 Å². The minimum atomic E-state index is -3.45. The number of nitrogens with zero attached hydrogens (tertiary/aromatic N) is 2. The fourth-order valence-electron chi connectivity index (χ4n) is 3.73. The van der Waals surface area contributed by atoms with Crippen LogP contribution in [-0.4, -0.2) is 57.0 Å². The number of aromatic nitrogens is 2. The van der Waals surface area contributed by atoms with Crippen molar-refractivity contribution in [3.8, 4) is 11.5 Å². The number of sulfone groups is 1. The van der Waals surface area contributed by atoms with Gasteiger partial charge in [-0.25, -0.2) is 13.2 Å². The standard InChI is InChI=1S/C22H27ClN2O6S/c1-5-31-21-12-15(6-9-20(21)30-3)19(14-32(4,27)28)25-17-8-7-16(23)13-18(17)24(22(25)26)10-11-29-2/h6-9,12-13,19H,5,10-11,14H2,1-4H3. The molecular formula is C22H27ClN2O6S. The molecule has 1 atom stereocenters. The second-order valence-electron chi connectivity index (χ2n) is 7.38. The van der Waals surface area contributed by atoms with Gasteiger partial charge in [0.25, 0.3) is 0 Å². The van der Waals surface area contributed by atoms with Gasteiger partial charge in [-0.15, -0.1) is 0 Å². The predicted molar refractivity (Wildman–Crippen MR) is 125 cm³/mol. The molecule has 0 bridgehead atoms. The lowest BCUT2D eigenvalue weighted by Crippen LogP contribution is -2.32. The van der Waals surface area contributed by atoms with Crippen LogP contribution in [0.1, 0.15) is 18.5 Å². The van der Waals surface area contributed by atoms with E-state index < -0.39 is 15.9 Å². The zero-order valence-electron chi connectivity index (χ0n) is 18.5. The largest absolute Gasteiger partial charge is 0.493 e. The number of fused-ring (bicyclic) bond motifs is 1. The van der Waals surface area contributed by atoms with E-state index in [1.165, 1.54) is 11.7 Å². The molecule has 0 aliphatic carbocycles. The summed E-state index contributed by atoms with van der Waals surface area (Å²) >= 11 is 6.20. The highest BCUT2D eigenvalue weighted by Gasteiger charge is 2.26. The molecule has 1 unspecified atom stereocenters. The molecule has 174 valence electrons. The first-order valence-corrected chi connectivity index (χ1v) is 12.5. The Morgan fingerprint density at radius 1 is 1.06 bits per heavy atom. The molecule has 1 heterocycles. The Hall–Kier alpha value is -2.49. The van der Waals surface area contributed by atoms with Crippen molar-refractivity contribution in [1.82, 2.24) is 9.13 Å². The molecule has 0 saturated heterocycles. The number of hydrogen-bond acceptors (Lipinski definition) is 6. The van der Waals surface area contributed by atoms with Crippen molar-refractivity contribution >= 4 is 32.5 Å². The van der Waals surface area contributed by atoms with E-state index in [0.29, 0.717) is 52.9 Å². The molecule has 0 aliphatic heterocycles. The Labute approximate surface area is 192 Å². The minimum Gasteiger partial charge on any atom is -0.493 e. The van der Waals surface area contributed by atoms with Crippen LogP contribution in [0.5, 0.6) is 11.5 Å². The van der Waals surface area contributed by atoms with Gasteiger partial charge < -0.3 is 14.2 Å². The third-order valence-corrected chi connectivity index (χ3v) is 6.24. The van der Waals surface area contributed by atoms with Crippen LogP contribution in [0.2, 0.25) is 5.02 Å². The number of benzene rings is 2. The molecule has 32 heavy (non-hydrogen) atoms. The average molecular weight is 483 g/mol. The van der Waals surface area contributed by atoms with Gasteiger partial charge in [-0.2, -0.15) is 0 Å². The van der Waals surface area contributed by atoms with Gasteiger partial charge in [-0.1, -0.05) is 17.7 Å². The summed E-state index contributed by atoms with van der Waals surface area (Å²) in [7, 11) is -0.371. The third kappa shape index (κ3) is 5.11. The minimum absolute atomic E-state index is 0.267. The molecule has 3 rings (SSSR count). The van der Waals surface area contributed by atoms with Crippen LogP contribution in [0.3, 0.4) is 0 Å². The Balaban J connectivity index is 2.29. The van der Waals surface area contributed by atoms with E-state index in [1.54, 1.807) is 48.1 Å². The fourth-order valence-corrected chi connectivity index (χ4v) is 4.81. The summed E-state index contributed by atoms with van der Waals surface area (Å²) in [6, 6.07) is 9.50. The number of ether oxygens (including phenoxy) is 3. The molecular weight excluding hydrogens is 456 g/mol. The van der Waals surface area contributed by atoms with E-state index in [4.69, 9.17) is 25.8 Å². The fraction of sp³-hybridized carbons (Fsp3) is 0.409. The van der Waals surface area contributed by atoms with Crippen molar-refractivity contribution in [3.05, 3.63) is 57.5 Å². The van der Waals surface area contributed by atoms with E-state index in [-0.39, 0.29) is 11.4 Å². The van der Waals surface area contributed by atoms with Crippen LogP contribution in [0.15, 0.2) is 41.2 Å². The van der Waals surface area contributed by atoms with Gasteiger partial charge >= 0.3 is 5.69 Å². The lowest BCUT2D eigenvalue weighted by atomic mass is 10.1. The Bertz CT molecular complexity index is 1270. The van der Waals surface area contributed by atoms with Crippen molar-refractivity contribution in [3.63, 3.8) is 0 Å². The molecule has 0 amide bonds. The van der Waals surface area contributed by atoms with Crippen LogP contribution in [0, 0.1) is 0 Å². The highest BCUT2D eigenvalue weighted by molar-refractivity contribution is 7.90. The monoisotopic (exact) mass is 482 g/mol. The van der Waals surface area contributed by atoms with E-state index in [1.807, 2.05) is 6.92 Å². The molecule has 3 aromatic rings. The smallest absolute Gasteiger partial charge is 0.329 e. The zero-order valence-corrected chi connectivity index (χ0v) is 20.1. The summed E-state index contributed by atoms with van der Waals surface area (Å²) in [5.74, 6) is 0.733. The summed E-state index contributed by atoms with van der Waals surface area (Å²) in [5.41, 5.74) is 1.46. The van der Waals surface area contributed by atoms with E-state index in [2.05, 4.69) is 0 Å². The van der Waals surface area contributed by atoms with Gasteiger partial charge in [0.15, 0.2) is 11.5 Å².